The summed E-state index contributed by atoms with van der Waals surface area (Å²) >= 11 is 0. The molecule has 14 heavy (non-hydrogen) atoms. The van der Waals surface area contributed by atoms with Gasteiger partial charge in [-0.3, -0.25) is 0 Å². The molecule has 1 aliphatic heterocycles. The number of rotatable bonds is 4. The van der Waals surface area contributed by atoms with Crippen molar-refractivity contribution in [2.75, 3.05) is 13.2 Å². The fourth-order valence-corrected chi connectivity index (χ4v) is 1.37. The molecule has 1 fully saturated rings. The van der Waals surface area contributed by atoms with Crippen LogP contribution in [0.4, 0.5) is 0 Å². The lowest BCUT2D eigenvalue weighted by molar-refractivity contribution is 0.104. The van der Waals surface area contributed by atoms with Crippen LogP contribution in [0.3, 0.4) is 0 Å². The quantitative estimate of drug-likeness (QED) is 0.682. The highest BCUT2D eigenvalue weighted by atomic mass is 16.6. The summed E-state index contributed by atoms with van der Waals surface area (Å²) in [5.74, 6) is 0. The van der Waals surface area contributed by atoms with Gasteiger partial charge < -0.3 is 9.47 Å². The van der Waals surface area contributed by atoms with Crippen molar-refractivity contribution in [2.24, 2.45) is 0 Å². The first kappa shape index (κ1) is 9.69. The SMILES string of the molecule is Cc1ccc(COCC2CO2)cc1C. The molecule has 0 amide bonds. The van der Waals surface area contributed by atoms with Crippen molar-refractivity contribution in [3.63, 3.8) is 0 Å². The van der Waals surface area contributed by atoms with Crippen molar-refractivity contribution < 1.29 is 9.47 Å². The third-order valence-corrected chi connectivity index (χ3v) is 2.55. The van der Waals surface area contributed by atoms with Crippen LogP contribution >= 0.6 is 0 Å². The number of aryl methyl sites for hydroxylation is 2. The molecule has 0 aliphatic carbocycles. The Labute approximate surface area is 84.8 Å². The normalized spacial score (nSPS) is 19.7. The summed E-state index contributed by atoms with van der Waals surface area (Å²) in [6.07, 6.45) is 0.363. The van der Waals surface area contributed by atoms with Gasteiger partial charge >= 0.3 is 0 Å². The van der Waals surface area contributed by atoms with Crippen LogP contribution in [0.1, 0.15) is 16.7 Å². The fourth-order valence-electron chi connectivity index (χ4n) is 1.37. The minimum Gasteiger partial charge on any atom is -0.374 e. The molecule has 1 atom stereocenters. The van der Waals surface area contributed by atoms with E-state index in [2.05, 4.69) is 32.0 Å². The van der Waals surface area contributed by atoms with E-state index in [4.69, 9.17) is 9.47 Å². The highest BCUT2D eigenvalue weighted by molar-refractivity contribution is 5.29. The van der Waals surface area contributed by atoms with Gasteiger partial charge in [-0.15, -0.1) is 0 Å². The highest BCUT2D eigenvalue weighted by Gasteiger charge is 2.22. The maximum Gasteiger partial charge on any atom is 0.104 e. The summed E-state index contributed by atoms with van der Waals surface area (Å²) in [5.41, 5.74) is 3.90. The monoisotopic (exact) mass is 192 g/mol. The molecule has 2 rings (SSSR count). The smallest absolute Gasteiger partial charge is 0.104 e. The molecule has 1 aromatic rings. The average molecular weight is 192 g/mol. The molecule has 1 aliphatic rings. The molecule has 0 bridgehead atoms. The van der Waals surface area contributed by atoms with E-state index in [1.54, 1.807) is 0 Å². The number of hydrogen-bond donors (Lipinski definition) is 0. The second-order valence-corrected chi connectivity index (χ2v) is 3.89. The summed E-state index contributed by atoms with van der Waals surface area (Å²) in [6.45, 7) is 6.54. The third kappa shape index (κ3) is 2.56. The van der Waals surface area contributed by atoms with Crippen LogP contribution in [0.15, 0.2) is 18.2 Å². The Hall–Kier alpha value is -0.860. The Balaban J connectivity index is 1.85. The molecule has 1 heterocycles. The van der Waals surface area contributed by atoms with Crippen LogP contribution in [0.2, 0.25) is 0 Å². The Kier molecular flexibility index (Phi) is 2.85. The maximum atomic E-state index is 5.51. The van der Waals surface area contributed by atoms with Gasteiger partial charge in [-0.05, 0) is 30.5 Å². The topological polar surface area (TPSA) is 21.8 Å². The molecule has 0 saturated carbocycles. The van der Waals surface area contributed by atoms with E-state index >= 15 is 0 Å². The largest absolute Gasteiger partial charge is 0.374 e. The van der Waals surface area contributed by atoms with E-state index in [0.717, 1.165) is 13.2 Å². The van der Waals surface area contributed by atoms with E-state index in [0.29, 0.717) is 12.7 Å². The van der Waals surface area contributed by atoms with Gasteiger partial charge in [-0.25, -0.2) is 0 Å². The molecule has 1 aromatic carbocycles. The lowest BCUT2D eigenvalue weighted by Gasteiger charge is -2.05. The van der Waals surface area contributed by atoms with Gasteiger partial charge in [-0.1, -0.05) is 18.2 Å². The average Bonchev–Trinajstić information content (AvgIpc) is 2.95. The highest BCUT2D eigenvalue weighted by Crippen LogP contribution is 2.13. The van der Waals surface area contributed by atoms with Crippen molar-refractivity contribution >= 4 is 0 Å². The van der Waals surface area contributed by atoms with Gasteiger partial charge in [0.25, 0.3) is 0 Å². The van der Waals surface area contributed by atoms with Gasteiger partial charge in [0.2, 0.25) is 0 Å². The van der Waals surface area contributed by atoms with Crippen molar-refractivity contribution in [3.8, 4) is 0 Å². The van der Waals surface area contributed by atoms with Crippen molar-refractivity contribution in [1.82, 2.24) is 0 Å². The first-order valence-corrected chi connectivity index (χ1v) is 5.01. The van der Waals surface area contributed by atoms with Crippen molar-refractivity contribution in [3.05, 3.63) is 34.9 Å². The molecule has 0 radical (unpaired) electrons. The molecular weight excluding hydrogens is 176 g/mol. The minimum absolute atomic E-state index is 0.363. The first-order chi connectivity index (χ1) is 6.75. The van der Waals surface area contributed by atoms with Crippen LogP contribution < -0.4 is 0 Å². The predicted molar refractivity (Wildman–Crippen MR) is 55.3 cm³/mol. The standard InChI is InChI=1S/C12H16O2/c1-9-3-4-11(5-10(9)2)6-13-7-12-8-14-12/h3-5,12H,6-8H2,1-2H3. The molecule has 0 spiro atoms. The molecule has 2 heteroatoms. The summed E-state index contributed by atoms with van der Waals surface area (Å²) in [5, 5.41) is 0. The van der Waals surface area contributed by atoms with Crippen LogP contribution in [0, 0.1) is 13.8 Å². The summed E-state index contributed by atoms with van der Waals surface area (Å²) in [4.78, 5) is 0. The zero-order valence-electron chi connectivity index (χ0n) is 8.75. The lowest BCUT2D eigenvalue weighted by atomic mass is 10.1. The van der Waals surface area contributed by atoms with Gasteiger partial charge in [0.15, 0.2) is 0 Å². The lowest BCUT2D eigenvalue weighted by Crippen LogP contribution is -2.01. The zero-order chi connectivity index (χ0) is 9.97. The van der Waals surface area contributed by atoms with Gasteiger partial charge in [0.05, 0.1) is 19.8 Å². The van der Waals surface area contributed by atoms with Crippen molar-refractivity contribution in [2.45, 2.75) is 26.6 Å². The zero-order valence-corrected chi connectivity index (χ0v) is 8.75. The Morgan fingerprint density at radius 3 is 2.79 bits per heavy atom. The summed E-state index contributed by atoms with van der Waals surface area (Å²) in [7, 11) is 0. The molecule has 0 aromatic heterocycles. The van der Waals surface area contributed by atoms with Crippen LogP contribution in [-0.2, 0) is 16.1 Å². The number of ether oxygens (including phenoxy) is 2. The van der Waals surface area contributed by atoms with Gasteiger partial charge in [0, 0.05) is 0 Å². The first-order valence-electron chi connectivity index (χ1n) is 5.01. The number of epoxide rings is 1. The van der Waals surface area contributed by atoms with E-state index in [9.17, 15) is 0 Å². The number of benzene rings is 1. The van der Waals surface area contributed by atoms with Gasteiger partial charge in [-0.2, -0.15) is 0 Å². The summed E-state index contributed by atoms with van der Waals surface area (Å²) in [6, 6.07) is 6.45. The Morgan fingerprint density at radius 2 is 2.14 bits per heavy atom. The molecule has 1 unspecified atom stereocenters. The fraction of sp³-hybridized carbons (Fsp3) is 0.500. The molecule has 0 N–H and O–H groups in total. The second kappa shape index (κ2) is 4.11. The van der Waals surface area contributed by atoms with E-state index in [1.807, 2.05) is 0 Å². The molecule has 2 nitrogen and oxygen atoms in total. The van der Waals surface area contributed by atoms with Crippen LogP contribution in [0.5, 0.6) is 0 Å². The van der Waals surface area contributed by atoms with Crippen molar-refractivity contribution in [1.29, 1.82) is 0 Å². The van der Waals surface area contributed by atoms with Gasteiger partial charge in [0.1, 0.15) is 6.10 Å². The number of hydrogen-bond acceptors (Lipinski definition) is 2. The maximum absolute atomic E-state index is 5.51. The predicted octanol–water partition coefficient (Wildman–Crippen LogP) is 2.22. The van der Waals surface area contributed by atoms with E-state index in [-0.39, 0.29) is 0 Å². The summed E-state index contributed by atoms with van der Waals surface area (Å²) < 4.78 is 10.6. The van der Waals surface area contributed by atoms with E-state index < -0.39 is 0 Å². The Morgan fingerprint density at radius 1 is 1.36 bits per heavy atom. The van der Waals surface area contributed by atoms with Crippen LogP contribution in [0.25, 0.3) is 0 Å². The molecular formula is C12H16O2. The second-order valence-electron chi connectivity index (χ2n) is 3.89. The third-order valence-electron chi connectivity index (χ3n) is 2.55. The molecule has 76 valence electrons. The minimum atomic E-state index is 0.363. The van der Waals surface area contributed by atoms with Crippen LogP contribution in [-0.4, -0.2) is 19.3 Å². The van der Waals surface area contributed by atoms with E-state index in [1.165, 1.54) is 16.7 Å². The molecule has 1 saturated heterocycles. The Bertz CT molecular complexity index is 316.